The summed E-state index contributed by atoms with van der Waals surface area (Å²) in [7, 11) is 1.69. The summed E-state index contributed by atoms with van der Waals surface area (Å²) in [6.45, 7) is 2.11. The van der Waals surface area contributed by atoms with Crippen molar-refractivity contribution in [1.29, 1.82) is 0 Å². The second-order valence-electron chi connectivity index (χ2n) is 5.79. The third kappa shape index (κ3) is 5.24. The predicted molar refractivity (Wildman–Crippen MR) is 77.6 cm³/mol. The molecule has 0 aromatic rings. The average Bonchev–Trinajstić information content (AvgIpc) is 2.42. The molecule has 1 aliphatic rings. The van der Waals surface area contributed by atoms with Crippen molar-refractivity contribution in [3.05, 3.63) is 0 Å². The van der Waals surface area contributed by atoms with Crippen LogP contribution >= 0.6 is 0 Å². The summed E-state index contributed by atoms with van der Waals surface area (Å²) in [5.74, 6) is -1.33. The molecule has 4 N–H and O–H groups in total. The van der Waals surface area contributed by atoms with E-state index in [1.165, 1.54) is 6.42 Å². The van der Waals surface area contributed by atoms with Gasteiger partial charge in [0.2, 0.25) is 5.91 Å². The summed E-state index contributed by atoms with van der Waals surface area (Å²) in [5, 5.41) is 11.6. The van der Waals surface area contributed by atoms with Gasteiger partial charge in [0, 0.05) is 19.5 Å². The van der Waals surface area contributed by atoms with Crippen LogP contribution < -0.4 is 11.1 Å². The fraction of sp³-hybridized carbons (Fsp3) is 0.786. The van der Waals surface area contributed by atoms with E-state index in [9.17, 15) is 14.4 Å². The molecule has 7 nitrogen and oxygen atoms in total. The summed E-state index contributed by atoms with van der Waals surface area (Å²) in [6, 6.07) is -1.37. The van der Waals surface area contributed by atoms with Crippen molar-refractivity contribution >= 4 is 17.9 Å². The van der Waals surface area contributed by atoms with Gasteiger partial charge in [-0.1, -0.05) is 19.8 Å². The van der Waals surface area contributed by atoms with Crippen molar-refractivity contribution in [2.24, 2.45) is 11.7 Å². The number of hydrogen-bond donors (Lipinski definition) is 3. The summed E-state index contributed by atoms with van der Waals surface area (Å²) in [4.78, 5) is 35.6. The van der Waals surface area contributed by atoms with Crippen molar-refractivity contribution in [1.82, 2.24) is 10.2 Å². The van der Waals surface area contributed by atoms with Crippen LogP contribution in [0.3, 0.4) is 0 Å². The van der Waals surface area contributed by atoms with Crippen LogP contribution in [0.2, 0.25) is 0 Å². The van der Waals surface area contributed by atoms with E-state index in [2.05, 4.69) is 12.2 Å². The van der Waals surface area contributed by atoms with E-state index in [4.69, 9.17) is 10.8 Å². The van der Waals surface area contributed by atoms with E-state index >= 15 is 0 Å². The molecule has 0 radical (unpaired) electrons. The number of nitrogens with two attached hydrogens (primary N) is 1. The first-order chi connectivity index (χ1) is 9.82. The first-order valence-corrected chi connectivity index (χ1v) is 7.37. The largest absolute Gasteiger partial charge is 0.480 e. The lowest BCUT2D eigenvalue weighted by Gasteiger charge is -2.36. The highest BCUT2D eigenvalue weighted by Crippen LogP contribution is 2.27. The van der Waals surface area contributed by atoms with Crippen LogP contribution in [0.1, 0.15) is 45.4 Å². The second kappa shape index (κ2) is 7.85. The molecule has 0 aliphatic heterocycles. The van der Waals surface area contributed by atoms with Crippen molar-refractivity contribution in [2.75, 3.05) is 7.05 Å². The smallest absolute Gasteiger partial charge is 0.326 e. The Kier molecular flexibility index (Phi) is 6.45. The van der Waals surface area contributed by atoms with Gasteiger partial charge < -0.3 is 21.1 Å². The molecule has 1 rings (SSSR count). The minimum Gasteiger partial charge on any atom is -0.480 e. The second-order valence-corrected chi connectivity index (χ2v) is 5.79. The molecule has 0 spiro atoms. The molecule has 1 aliphatic carbocycles. The van der Waals surface area contributed by atoms with E-state index in [1.807, 2.05) is 0 Å². The number of carbonyl (C=O) groups is 3. The number of nitrogens with zero attached hydrogens (tertiary/aromatic N) is 1. The van der Waals surface area contributed by atoms with E-state index < -0.39 is 23.9 Å². The highest BCUT2D eigenvalue weighted by Gasteiger charge is 2.30. The van der Waals surface area contributed by atoms with E-state index in [-0.39, 0.29) is 18.9 Å². The van der Waals surface area contributed by atoms with E-state index in [0.29, 0.717) is 5.92 Å². The predicted octanol–water partition coefficient (Wildman–Crippen LogP) is 0.925. The molecule has 0 saturated heterocycles. The van der Waals surface area contributed by atoms with Gasteiger partial charge in [-0.2, -0.15) is 0 Å². The van der Waals surface area contributed by atoms with Crippen LogP contribution in [0, 0.1) is 5.92 Å². The van der Waals surface area contributed by atoms with Crippen LogP contribution in [-0.4, -0.2) is 47.0 Å². The fourth-order valence-corrected chi connectivity index (χ4v) is 2.82. The van der Waals surface area contributed by atoms with Crippen LogP contribution in [0.5, 0.6) is 0 Å². The molecule has 2 unspecified atom stereocenters. The molecule has 21 heavy (non-hydrogen) atoms. The van der Waals surface area contributed by atoms with Crippen molar-refractivity contribution in [3.8, 4) is 0 Å². The van der Waals surface area contributed by atoms with E-state index in [0.717, 1.165) is 19.3 Å². The van der Waals surface area contributed by atoms with Gasteiger partial charge in [-0.25, -0.2) is 9.59 Å². The number of carbonyl (C=O) groups excluding carboxylic acids is 2. The molecule has 0 bridgehead atoms. The molecule has 0 aromatic heterocycles. The normalized spacial score (nSPS) is 23.1. The Morgan fingerprint density at radius 3 is 2.48 bits per heavy atom. The Balaban J connectivity index is 2.59. The molecule has 7 heteroatoms. The number of rotatable bonds is 6. The molecule has 1 saturated carbocycles. The van der Waals surface area contributed by atoms with Crippen LogP contribution in [0.15, 0.2) is 0 Å². The maximum Gasteiger partial charge on any atom is 0.326 e. The van der Waals surface area contributed by atoms with Crippen LogP contribution in [0.4, 0.5) is 4.79 Å². The zero-order valence-electron chi connectivity index (χ0n) is 12.7. The van der Waals surface area contributed by atoms with Gasteiger partial charge in [0.15, 0.2) is 0 Å². The average molecular weight is 299 g/mol. The molecule has 3 atom stereocenters. The lowest BCUT2D eigenvalue weighted by molar-refractivity contribution is -0.139. The number of amides is 3. The van der Waals surface area contributed by atoms with Gasteiger partial charge in [0.1, 0.15) is 6.04 Å². The number of nitrogens with one attached hydrogen (secondary N) is 1. The number of aliphatic carboxylic acids is 1. The number of primary amides is 1. The molecular weight excluding hydrogens is 274 g/mol. The molecular formula is C14H25N3O4. The lowest BCUT2D eigenvalue weighted by atomic mass is 9.85. The quantitative estimate of drug-likeness (QED) is 0.677. The summed E-state index contributed by atoms with van der Waals surface area (Å²) < 4.78 is 0. The molecule has 1 fully saturated rings. The Morgan fingerprint density at radius 1 is 1.33 bits per heavy atom. The molecule has 3 amide bonds. The third-order valence-electron chi connectivity index (χ3n) is 4.16. The molecule has 0 heterocycles. The highest BCUT2D eigenvalue weighted by molar-refractivity contribution is 5.83. The van der Waals surface area contributed by atoms with Crippen LogP contribution in [0.25, 0.3) is 0 Å². The SMILES string of the molecule is CC1CCCCC1N(C)C(=O)N[C@H](CCC(N)=O)C(=O)O. The number of urea groups is 1. The van der Waals surface area contributed by atoms with Crippen molar-refractivity contribution in [2.45, 2.75) is 57.5 Å². The molecule has 120 valence electrons. The van der Waals surface area contributed by atoms with Gasteiger partial charge in [-0.05, 0) is 25.2 Å². The standard InChI is InChI=1S/C14H25N3O4/c1-9-5-3-4-6-11(9)17(2)14(21)16-10(13(19)20)7-8-12(15)18/h9-11H,3-8H2,1-2H3,(H2,15,18)(H,16,21)(H,19,20)/t9?,10-,11?/m1/s1. The third-order valence-corrected chi connectivity index (χ3v) is 4.16. The van der Waals surface area contributed by atoms with Gasteiger partial charge >= 0.3 is 12.0 Å². The summed E-state index contributed by atoms with van der Waals surface area (Å²) in [5.41, 5.74) is 5.01. The maximum absolute atomic E-state index is 12.2. The van der Waals surface area contributed by atoms with Crippen molar-refractivity contribution in [3.63, 3.8) is 0 Å². The summed E-state index contributed by atoms with van der Waals surface area (Å²) in [6.07, 6.45) is 4.20. The summed E-state index contributed by atoms with van der Waals surface area (Å²) >= 11 is 0. The number of carboxylic acids is 1. The first kappa shape index (κ1) is 17.3. The van der Waals surface area contributed by atoms with Gasteiger partial charge in [-0.3, -0.25) is 4.79 Å². The first-order valence-electron chi connectivity index (χ1n) is 7.37. The zero-order chi connectivity index (χ0) is 16.0. The fourth-order valence-electron chi connectivity index (χ4n) is 2.82. The topological polar surface area (TPSA) is 113 Å². The minimum absolute atomic E-state index is 0.00443. The van der Waals surface area contributed by atoms with Gasteiger partial charge in [0.25, 0.3) is 0 Å². The Hall–Kier alpha value is -1.79. The maximum atomic E-state index is 12.2. The van der Waals surface area contributed by atoms with E-state index in [1.54, 1.807) is 11.9 Å². The zero-order valence-corrected chi connectivity index (χ0v) is 12.7. The highest BCUT2D eigenvalue weighted by atomic mass is 16.4. The van der Waals surface area contributed by atoms with Crippen LogP contribution in [-0.2, 0) is 9.59 Å². The Labute approximate surface area is 124 Å². The number of hydrogen-bond acceptors (Lipinski definition) is 3. The molecule has 0 aromatic carbocycles. The van der Waals surface area contributed by atoms with Gasteiger partial charge in [0.05, 0.1) is 0 Å². The van der Waals surface area contributed by atoms with Gasteiger partial charge in [-0.15, -0.1) is 0 Å². The number of carboxylic acid groups (broad SMARTS) is 1. The Bertz CT molecular complexity index is 400. The van der Waals surface area contributed by atoms with Crippen molar-refractivity contribution < 1.29 is 19.5 Å². The monoisotopic (exact) mass is 299 g/mol. The minimum atomic E-state index is -1.16. The lowest BCUT2D eigenvalue weighted by Crippen LogP contribution is -2.52. The Morgan fingerprint density at radius 2 is 1.95 bits per heavy atom.